The van der Waals surface area contributed by atoms with Gasteiger partial charge in [-0.05, 0) is 43.2 Å². The van der Waals surface area contributed by atoms with Crippen molar-refractivity contribution < 1.29 is 33.8 Å². The molecule has 1 aliphatic heterocycles. The van der Waals surface area contributed by atoms with E-state index < -0.39 is 54.5 Å². The molecule has 1 aliphatic rings. The highest BCUT2D eigenvalue weighted by molar-refractivity contribution is 5.93. The molecule has 2 aromatic carbocycles. The summed E-state index contributed by atoms with van der Waals surface area (Å²) in [6, 6.07) is 14.5. The molecule has 2 aromatic rings. The van der Waals surface area contributed by atoms with Crippen LogP contribution in [0.15, 0.2) is 60.7 Å². The zero-order valence-electron chi connectivity index (χ0n) is 25.2. The fraction of sp³-hybridized carbons (Fsp3) is 0.469. The number of aliphatic hydroxyl groups excluding tert-OH is 1. The molecule has 0 spiro atoms. The number of benzene rings is 2. The first-order chi connectivity index (χ1) is 21.1. The third kappa shape index (κ3) is 10.1. The van der Waals surface area contributed by atoms with E-state index in [-0.39, 0.29) is 31.5 Å². The van der Waals surface area contributed by atoms with Gasteiger partial charge in [0.15, 0.2) is 6.10 Å². The Hall–Kier alpha value is -4.45. The molecule has 44 heavy (non-hydrogen) atoms. The first kappa shape index (κ1) is 34.0. The van der Waals surface area contributed by atoms with Crippen LogP contribution in [-0.4, -0.2) is 76.5 Å². The maximum absolute atomic E-state index is 13.6. The monoisotopic (exact) mass is 609 g/mol. The van der Waals surface area contributed by atoms with Crippen molar-refractivity contribution in [3.05, 3.63) is 71.8 Å². The SMILES string of the molecule is CCC(CC)NC(=O)[C@@H]1CCCN1C(=O)[C@@H](O)[C@H](Cc1ccccc1)NC(=O)[C@H](CC(N)=O)NC(=O)OCc1ccccc1. The minimum Gasteiger partial charge on any atom is -0.445 e. The van der Waals surface area contributed by atoms with Gasteiger partial charge in [-0.1, -0.05) is 74.5 Å². The lowest BCUT2D eigenvalue weighted by molar-refractivity contribution is -0.147. The van der Waals surface area contributed by atoms with Crippen LogP contribution in [0.5, 0.6) is 0 Å². The number of hydrogen-bond donors (Lipinski definition) is 5. The smallest absolute Gasteiger partial charge is 0.408 e. The summed E-state index contributed by atoms with van der Waals surface area (Å²) in [5.74, 6) is -2.67. The Bertz CT molecular complexity index is 1260. The van der Waals surface area contributed by atoms with Gasteiger partial charge in [0.2, 0.25) is 17.7 Å². The summed E-state index contributed by atoms with van der Waals surface area (Å²) < 4.78 is 5.19. The quantitative estimate of drug-likeness (QED) is 0.203. The number of nitrogens with two attached hydrogens (primary N) is 1. The summed E-state index contributed by atoms with van der Waals surface area (Å²) in [6.07, 6.45) is -0.623. The van der Waals surface area contributed by atoms with Gasteiger partial charge in [0.25, 0.3) is 5.91 Å². The number of nitrogens with zero attached hydrogens (tertiary/aromatic N) is 1. The van der Waals surface area contributed by atoms with Crippen molar-refractivity contribution in [2.24, 2.45) is 5.73 Å². The number of primary amides is 1. The van der Waals surface area contributed by atoms with Crippen molar-refractivity contribution in [3.8, 4) is 0 Å². The van der Waals surface area contributed by atoms with Gasteiger partial charge in [0, 0.05) is 12.6 Å². The van der Waals surface area contributed by atoms with E-state index in [9.17, 15) is 29.1 Å². The van der Waals surface area contributed by atoms with Crippen LogP contribution in [0.25, 0.3) is 0 Å². The van der Waals surface area contributed by atoms with E-state index in [4.69, 9.17) is 10.5 Å². The number of aliphatic hydroxyl groups is 1. The third-order valence-corrected chi connectivity index (χ3v) is 7.66. The molecular formula is C32H43N5O7. The number of alkyl carbamates (subject to hydrolysis) is 1. The van der Waals surface area contributed by atoms with E-state index in [0.29, 0.717) is 12.8 Å². The van der Waals surface area contributed by atoms with Gasteiger partial charge in [-0.25, -0.2) is 4.79 Å². The highest BCUT2D eigenvalue weighted by Crippen LogP contribution is 2.21. The number of rotatable bonds is 15. The maximum atomic E-state index is 13.6. The van der Waals surface area contributed by atoms with E-state index in [1.807, 2.05) is 19.9 Å². The minimum absolute atomic E-state index is 0.0239. The van der Waals surface area contributed by atoms with Gasteiger partial charge in [-0.15, -0.1) is 0 Å². The number of carbonyl (C=O) groups is 5. The van der Waals surface area contributed by atoms with Crippen LogP contribution in [0, 0.1) is 0 Å². The molecule has 238 valence electrons. The Balaban J connectivity index is 1.75. The lowest BCUT2D eigenvalue weighted by atomic mass is 9.99. The average Bonchev–Trinajstić information content (AvgIpc) is 3.52. The molecule has 0 aliphatic carbocycles. The van der Waals surface area contributed by atoms with Gasteiger partial charge in [-0.2, -0.15) is 0 Å². The number of hydrogen-bond acceptors (Lipinski definition) is 7. The second-order valence-electron chi connectivity index (χ2n) is 10.9. The first-order valence-corrected chi connectivity index (χ1v) is 15.0. The van der Waals surface area contributed by atoms with Crippen molar-refractivity contribution in [2.75, 3.05) is 6.54 Å². The van der Waals surface area contributed by atoms with Crippen molar-refractivity contribution in [3.63, 3.8) is 0 Å². The predicted molar refractivity (Wildman–Crippen MR) is 163 cm³/mol. The largest absolute Gasteiger partial charge is 0.445 e. The van der Waals surface area contributed by atoms with Crippen LogP contribution in [0.4, 0.5) is 4.79 Å². The average molecular weight is 610 g/mol. The summed E-state index contributed by atoms with van der Waals surface area (Å²) in [4.78, 5) is 65.7. The Morgan fingerprint density at radius 1 is 0.932 bits per heavy atom. The lowest BCUT2D eigenvalue weighted by Crippen LogP contribution is -2.58. The van der Waals surface area contributed by atoms with Crippen molar-refractivity contribution in [1.82, 2.24) is 20.9 Å². The summed E-state index contributed by atoms with van der Waals surface area (Å²) in [7, 11) is 0. The molecule has 0 bridgehead atoms. The maximum Gasteiger partial charge on any atom is 0.408 e. The number of ether oxygens (including phenoxy) is 1. The highest BCUT2D eigenvalue weighted by atomic mass is 16.5. The van der Waals surface area contributed by atoms with Crippen LogP contribution in [0.1, 0.15) is 57.1 Å². The van der Waals surface area contributed by atoms with E-state index in [0.717, 1.165) is 24.0 Å². The van der Waals surface area contributed by atoms with Crippen molar-refractivity contribution >= 4 is 29.7 Å². The lowest BCUT2D eigenvalue weighted by Gasteiger charge is -2.31. The van der Waals surface area contributed by atoms with Crippen LogP contribution < -0.4 is 21.7 Å². The Morgan fingerprint density at radius 2 is 1.55 bits per heavy atom. The van der Waals surface area contributed by atoms with Crippen LogP contribution >= 0.6 is 0 Å². The Morgan fingerprint density at radius 3 is 2.14 bits per heavy atom. The molecule has 12 heteroatoms. The van der Waals surface area contributed by atoms with Gasteiger partial charge in [-0.3, -0.25) is 19.2 Å². The standard InChI is InChI=1S/C32H43N5O7/c1-3-23(4-2)34-30(41)26-16-11-17-37(26)31(42)28(39)24(18-21-12-7-5-8-13-21)35-29(40)25(19-27(33)38)36-32(43)44-20-22-14-9-6-10-15-22/h5-10,12-15,23-26,28,39H,3-4,11,16-20H2,1-2H3,(H2,33,38)(H,34,41)(H,35,40)(H,36,43)/t24-,25-,26-,28-/m0/s1. The van der Waals surface area contributed by atoms with E-state index >= 15 is 0 Å². The van der Waals surface area contributed by atoms with Crippen LogP contribution in [0.3, 0.4) is 0 Å². The number of nitrogens with one attached hydrogen (secondary N) is 3. The van der Waals surface area contributed by atoms with Gasteiger partial charge in [0.1, 0.15) is 18.7 Å². The van der Waals surface area contributed by atoms with Crippen molar-refractivity contribution in [1.29, 1.82) is 0 Å². The molecule has 12 nitrogen and oxygen atoms in total. The molecule has 0 unspecified atom stereocenters. The Kier molecular flexibility index (Phi) is 13.2. The summed E-state index contributed by atoms with van der Waals surface area (Å²) >= 11 is 0. The Labute approximate surface area is 257 Å². The molecule has 5 amide bonds. The number of likely N-dealkylation sites (tertiary alicyclic amines) is 1. The molecule has 6 N–H and O–H groups in total. The summed E-state index contributed by atoms with van der Waals surface area (Å²) in [5.41, 5.74) is 6.79. The molecular weight excluding hydrogens is 566 g/mol. The van der Waals surface area contributed by atoms with Gasteiger partial charge in [0.05, 0.1) is 12.5 Å². The van der Waals surface area contributed by atoms with Crippen LogP contribution in [0.2, 0.25) is 0 Å². The third-order valence-electron chi connectivity index (χ3n) is 7.66. The molecule has 3 rings (SSSR count). The number of carbonyl (C=O) groups excluding carboxylic acids is 5. The van der Waals surface area contributed by atoms with E-state index in [1.165, 1.54) is 4.90 Å². The summed E-state index contributed by atoms with van der Waals surface area (Å²) in [5, 5.41) is 19.3. The zero-order chi connectivity index (χ0) is 32.1. The highest BCUT2D eigenvalue weighted by Gasteiger charge is 2.40. The first-order valence-electron chi connectivity index (χ1n) is 15.0. The van der Waals surface area contributed by atoms with Gasteiger partial charge >= 0.3 is 6.09 Å². The fourth-order valence-electron chi connectivity index (χ4n) is 5.15. The van der Waals surface area contributed by atoms with E-state index in [2.05, 4.69) is 16.0 Å². The zero-order valence-corrected chi connectivity index (χ0v) is 25.2. The van der Waals surface area contributed by atoms with Gasteiger partial charge < -0.3 is 36.4 Å². The molecule has 1 saturated heterocycles. The molecule has 1 fully saturated rings. The second-order valence-corrected chi connectivity index (χ2v) is 10.9. The van der Waals surface area contributed by atoms with Crippen LogP contribution in [-0.2, 0) is 36.9 Å². The molecule has 1 heterocycles. The molecule has 0 radical (unpaired) electrons. The van der Waals surface area contributed by atoms with Crippen molar-refractivity contribution in [2.45, 2.75) is 89.3 Å². The predicted octanol–water partition coefficient (Wildman–Crippen LogP) is 1.54. The second kappa shape index (κ2) is 17.0. The fourth-order valence-corrected chi connectivity index (χ4v) is 5.15. The topological polar surface area (TPSA) is 180 Å². The molecule has 0 aromatic heterocycles. The van der Waals surface area contributed by atoms with E-state index in [1.54, 1.807) is 54.6 Å². The molecule has 0 saturated carbocycles. The summed E-state index contributed by atoms with van der Waals surface area (Å²) in [6.45, 7) is 4.15. The number of amides is 5. The molecule has 4 atom stereocenters. The minimum atomic E-state index is -1.72. The normalized spacial score (nSPS) is 16.5.